The molecule has 0 fully saturated rings. The molecule has 0 atom stereocenters. The summed E-state index contributed by atoms with van der Waals surface area (Å²) in [6, 6.07) is 11.2. The number of tetrazole rings is 1. The summed E-state index contributed by atoms with van der Waals surface area (Å²) in [5.41, 5.74) is 0.775. The highest BCUT2D eigenvalue weighted by molar-refractivity contribution is 7.92. The maximum atomic E-state index is 12.9. The molecule has 112 valence electrons. The summed E-state index contributed by atoms with van der Waals surface area (Å²) in [4.78, 5) is -0.0413. The van der Waals surface area contributed by atoms with E-state index >= 15 is 0 Å². The summed E-state index contributed by atoms with van der Waals surface area (Å²) in [5.74, 6) is -0.506. The quantitative estimate of drug-likeness (QED) is 0.789. The number of halogens is 1. The molecule has 7 nitrogen and oxygen atoms in total. The Balaban J connectivity index is 1.98. The summed E-state index contributed by atoms with van der Waals surface area (Å²) in [6.07, 6.45) is 1.35. The highest BCUT2D eigenvalue weighted by Crippen LogP contribution is 2.22. The van der Waals surface area contributed by atoms with Crippen molar-refractivity contribution >= 4 is 15.7 Å². The molecule has 0 saturated heterocycles. The summed E-state index contributed by atoms with van der Waals surface area (Å²) in [6.45, 7) is 0. The second-order valence-electron chi connectivity index (χ2n) is 4.33. The average Bonchev–Trinajstić information content (AvgIpc) is 3.02. The Bertz CT molecular complexity index is 879. The van der Waals surface area contributed by atoms with Gasteiger partial charge in [-0.1, -0.05) is 12.1 Å². The lowest BCUT2D eigenvalue weighted by Crippen LogP contribution is -2.14. The van der Waals surface area contributed by atoms with E-state index in [-0.39, 0.29) is 4.90 Å². The molecule has 0 amide bonds. The maximum absolute atomic E-state index is 12.9. The van der Waals surface area contributed by atoms with Gasteiger partial charge in [0.15, 0.2) is 0 Å². The van der Waals surface area contributed by atoms with E-state index in [2.05, 4.69) is 20.2 Å². The van der Waals surface area contributed by atoms with E-state index in [9.17, 15) is 12.8 Å². The largest absolute Gasteiger partial charge is 0.277 e. The molecular weight excluding hydrogens is 309 g/mol. The second-order valence-corrected chi connectivity index (χ2v) is 6.01. The van der Waals surface area contributed by atoms with Crippen LogP contribution in [-0.4, -0.2) is 28.6 Å². The van der Waals surface area contributed by atoms with Gasteiger partial charge in [0, 0.05) is 0 Å². The van der Waals surface area contributed by atoms with Crippen LogP contribution in [0.3, 0.4) is 0 Å². The molecule has 0 unspecified atom stereocenters. The topological polar surface area (TPSA) is 89.8 Å². The van der Waals surface area contributed by atoms with Gasteiger partial charge in [0.1, 0.15) is 12.1 Å². The van der Waals surface area contributed by atoms with Crippen LogP contribution in [0.2, 0.25) is 0 Å². The van der Waals surface area contributed by atoms with E-state index in [1.54, 1.807) is 24.3 Å². The third-order valence-electron chi connectivity index (χ3n) is 2.87. The Morgan fingerprint density at radius 2 is 1.77 bits per heavy atom. The number of anilines is 1. The van der Waals surface area contributed by atoms with Crippen LogP contribution in [0.5, 0.6) is 0 Å². The monoisotopic (exact) mass is 319 g/mol. The number of nitrogens with one attached hydrogen (secondary N) is 1. The van der Waals surface area contributed by atoms with Crippen LogP contribution in [0.4, 0.5) is 10.1 Å². The van der Waals surface area contributed by atoms with Crippen molar-refractivity contribution in [3.63, 3.8) is 0 Å². The molecule has 0 aliphatic heterocycles. The standard InChI is InChI=1S/C13H10FN5O2S/c14-10-5-7-11(8-6-10)22(20,21)16-12-3-1-2-4-13(12)19-9-15-17-18-19/h1-9,16H. The summed E-state index contributed by atoms with van der Waals surface area (Å²) in [5, 5.41) is 10.8. The average molecular weight is 319 g/mol. The lowest BCUT2D eigenvalue weighted by molar-refractivity contribution is 0.599. The number of aromatic nitrogens is 4. The van der Waals surface area contributed by atoms with Crippen LogP contribution in [0.1, 0.15) is 0 Å². The fourth-order valence-electron chi connectivity index (χ4n) is 1.85. The third kappa shape index (κ3) is 2.79. The van der Waals surface area contributed by atoms with Crippen molar-refractivity contribution in [3.8, 4) is 5.69 Å². The molecule has 9 heteroatoms. The van der Waals surface area contributed by atoms with Crippen molar-refractivity contribution in [2.24, 2.45) is 0 Å². The van der Waals surface area contributed by atoms with Crippen molar-refractivity contribution in [2.45, 2.75) is 4.90 Å². The molecular formula is C13H10FN5O2S. The van der Waals surface area contributed by atoms with E-state index in [0.29, 0.717) is 11.4 Å². The van der Waals surface area contributed by atoms with E-state index in [1.807, 2.05) is 0 Å². The first-order valence-electron chi connectivity index (χ1n) is 6.17. The number of nitrogens with zero attached hydrogens (tertiary/aromatic N) is 4. The normalized spacial score (nSPS) is 11.3. The maximum Gasteiger partial charge on any atom is 0.261 e. The van der Waals surface area contributed by atoms with Gasteiger partial charge in [-0.3, -0.25) is 4.72 Å². The smallest absolute Gasteiger partial charge is 0.261 e. The van der Waals surface area contributed by atoms with Crippen LogP contribution >= 0.6 is 0 Å². The molecule has 0 aliphatic rings. The number of para-hydroxylation sites is 2. The van der Waals surface area contributed by atoms with Crippen LogP contribution < -0.4 is 4.72 Å². The SMILES string of the molecule is O=S(=O)(Nc1ccccc1-n1cnnn1)c1ccc(F)cc1. The van der Waals surface area contributed by atoms with Gasteiger partial charge in [0.25, 0.3) is 10.0 Å². The fraction of sp³-hybridized carbons (Fsp3) is 0. The molecule has 0 bridgehead atoms. The first kappa shape index (κ1) is 14.1. The van der Waals surface area contributed by atoms with Crippen molar-refractivity contribution < 1.29 is 12.8 Å². The van der Waals surface area contributed by atoms with Gasteiger partial charge in [0.05, 0.1) is 16.3 Å². The first-order valence-corrected chi connectivity index (χ1v) is 7.65. The Hall–Kier alpha value is -2.81. The lowest BCUT2D eigenvalue weighted by atomic mass is 10.3. The van der Waals surface area contributed by atoms with Gasteiger partial charge < -0.3 is 0 Å². The number of hydrogen-bond acceptors (Lipinski definition) is 5. The van der Waals surface area contributed by atoms with Gasteiger partial charge in [-0.15, -0.1) is 5.10 Å². The highest BCUT2D eigenvalue weighted by Gasteiger charge is 2.16. The van der Waals surface area contributed by atoms with Gasteiger partial charge in [0.2, 0.25) is 0 Å². The molecule has 0 spiro atoms. The minimum atomic E-state index is -3.84. The number of sulfonamides is 1. The van der Waals surface area contributed by atoms with Crippen molar-refractivity contribution in [2.75, 3.05) is 4.72 Å². The minimum Gasteiger partial charge on any atom is -0.277 e. The zero-order valence-electron chi connectivity index (χ0n) is 11.1. The molecule has 2 aromatic carbocycles. The van der Waals surface area contributed by atoms with Crippen molar-refractivity contribution in [1.82, 2.24) is 20.2 Å². The fourth-order valence-corrected chi connectivity index (χ4v) is 2.92. The van der Waals surface area contributed by atoms with Crippen LogP contribution in [0, 0.1) is 5.82 Å². The predicted octanol–water partition coefficient (Wildman–Crippen LogP) is 1.60. The number of benzene rings is 2. The zero-order chi connectivity index (χ0) is 15.6. The van der Waals surface area contributed by atoms with E-state index < -0.39 is 15.8 Å². The van der Waals surface area contributed by atoms with E-state index in [4.69, 9.17) is 0 Å². The number of rotatable bonds is 4. The summed E-state index contributed by atoms with van der Waals surface area (Å²) in [7, 11) is -3.84. The zero-order valence-corrected chi connectivity index (χ0v) is 11.9. The van der Waals surface area contributed by atoms with E-state index in [1.165, 1.54) is 23.1 Å². The van der Waals surface area contributed by atoms with Gasteiger partial charge in [-0.05, 0) is 46.8 Å². The number of hydrogen-bond donors (Lipinski definition) is 1. The molecule has 3 aromatic rings. The van der Waals surface area contributed by atoms with E-state index in [0.717, 1.165) is 12.1 Å². The van der Waals surface area contributed by atoms with Gasteiger partial charge in [-0.2, -0.15) is 4.68 Å². The van der Waals surface area contributed by atoms with Crippen LogP contribution in [0.25, 0.3) is 5.69 Å². The molecule has 0 saturated carbocycles. The Labute approximate surface area is 125 Å². The Morgan fingerprint density at radius 3 is 2.45 bits per heavy atom. The molecule has 1 heterocycles. The molecule has 0 radical (unpaired) electrons. The van der Waals surface area contributed by atoms with Crippen molar-refractivity contribution in [3.05, 3.63) is 60.7 Å². The summed E-state index contributed by atoms with van der Waals surface area (Å²) >= 11 is 0. The van der Waals surface area contributed by atoms with Crippen LogP contribution in [-0.2, 0) is 10.0 Å². The second kappa shape index (κ2) is 5.53. The molecule has 1 aromatic heterocycles. The molecule has 3 rings (SSSR count). The first-order chi connectivity index (χ1) is 10.6. The van der Waals surface area contributed by atoms with Gasteiger partial charge in [-0.25, -0.2) is 12.8 Å². The lowest BCUT2D eigenvalue weighted by Gasteiger charge is -2.11. The van der Waals surface area contributed by atoms with Crippen LogP contribution in [0.15, 0.2) is 59.8 Å². The van der Waals surface area contributed by atoms with Gasteiger partial charge >= 0.3 is 0 Å². The Kier molecular flexibility index (Phi) is 3.55. The highest BCUT2D eigenvalue weighted by atomic mass is 32.2. The Morgan fingerprint density at radius 1 is 1.05 bits per heavy atom. The minimum absolute atomic E-state index is 0.0413. The predicted molar refractivity (Wildman–Crippen MR) is 76.4 cm³/mol. The molecule has 0 aliphatic carbocycles. The van der Waals surface area contributed by atoms with Crippen molar-refractivity contribution in [1.29, 1.82) is 0 Å². The third-order valence-corrected chi connectivity index (χ3v) is 4.25. The molecule has 22 heavy (non-hydrogen) atoms. The summed E-state index contributed by atoms with van der Waals surface area (Å²) < 4.78 is 41.4. The molecule has 1 N–H and O–H groups in total.